The Bertz CT molecular complexity index is 686. The van der Waals surface area contributed by atoms with Gasteiger partial charge < -0.3 is 5.32 Å². The van der Waals surface area contributed by atoms with Crippen LogP contribution >= 0.6 is 15.9 Å². The molecule has 110 valence electrons. The van der Waals surface area contributed by atoms with Crippen molar-refractivity contribution in [3.63, 3.8) is 0 Å². The first-order valence-electron chi connectivity index (χ1n) is 5.89. The standard InChI is InChI=1S/C14H10BrF3N2O/c1-8-3-2-4-12(19-8)20-13(21)10-6-5-9(15)7-11(10)14(16,17)18/h2-7H,1H3,(H,19,20,21). The van der Waals surface area contributed by atoms with Crippen molar-refractivity contribution in [2.24, 2.45) is 0 Å². The minimum absolute atomic E-state index is 0.205. The van der Waals surface area contributed by atoms with Crippen LogP contribution in [0.4, 0.5) is 19.0 Å². The van der Waals surface area contributed by atoms with Crippen molar-refractivity contribution in [3.05, 3.63) is 57.7 Å². The van der Waals surface area contributed by atoms with Gasteiger partial charge in [-0.3, -0.25) is 4.79 Å². The quantitative estimate of drug-likeness (QED) is 0.862. The van der Waals surface area contributed by atoms with Crippen molar-refractivity contribution in [2.45, 2.75) is 13.1 Å². The van der Waals surface area contributed by atoms with Crippen LogP contribution in [0, 0.1) is 6.92 Å². The molecule has 0 unspecified atom stereocenters. The fourth-order valence-electron chi connectivity index (χ4n) is 1.75. The van der Waals surface area contributed by atoms with Crippen LogP contribution in [0.25, 0.3) is 0 Å². The number of hydrogen-bond acceptors (Lipinski definition) is 2. The molecule has 0 fully saturated rings. The lowest BCUT2D eigenvalue weighted by Gasteiger charge is -2.13. The van der Waals surface area contributed by atoms with Gasteiger partial charge in [0.1, 0.15) is 5.82 Å². The Balaban J connectivity index is 2.35. The molecule has 21 heavy (non-hydrogen) atoms. The molecule has 1 N–H and O–H groups in total. The van der Waals surface area contributed by atoms with Gasteiger partial charge in [-0.1, -0.05) is 22.0 Å². The summed E-state index contributed by atoms with van der Waals surface area (Å²) >= 11 is 2.97. The number of amides is 1. The van der Waals surface area contributed by atoms with Gasteiger partial charge in [-0.2, -0.15) is 13.2 Å². The summed E-state index contributed by atoms with van der Waals surface area (Å²) in [6, 6.07) is 8.27. The van der Waals surface area contributed by atoms with E-state index in [1.807, 2.05) is 0 Å². The SMILES string of the molecule is Cc1cccc(NC(=O)c2ccc(Br)cc2C(F)(F)F)n1. The highest BCUT2D eigenvalue weighted by Crippen LogP contribution is 2.34. The monoisotopic (exact) mass is 358 g/mol. The highest BCUT2D eigenvalue weighted by molar-refractivity contribution is 9.10. The first-order valence-corrected chi connectivity index (χ1v) is 6.68. The van der Waals surface area contributed by atoms with Crippen LogP contribution in [-0.4, -0.2) is 10.9 Å². The van der Waals surface area contributed by atoms with Crippen molar-refractivity contribution in [3.8, 4) is 0 Å². The number of benzene rings is 1. The van der Waals surface area contributed by atoms with Crippen LogP contribution in [0.15, 0.2) is 40.9 Å². The molecule has 2 aromatic rings. The van der Waals surface area contributed by atoms with Gasteiger partial charge in [0.25, 0.3) is 5.91 Å². The van der Waals surface area contributed by atoms with E-state index in [4.69, 9.17) is 0 Å². The number of nitrogens with one attached hydrogen (secondary N) is 1. The molecular weight excluding hydrogens is 349 g/mol. The molecule has 1 heterocycles. The second-order valence-electron chi connectivity index (χ2n) is 4.31. The topological polar surface area (TPSA) is 42.0 Å². The molecule has 3 nitrogen and oxygen atoms in total. The van der Waals surface area contributed by atoms with Gasteiger partial charge >= 0.3 is 6.18 Å². The Morgan fingerprint density at radius 3 is 2.57 bits per heavy atom. The number of aromatic nitrogens is 1. The molecule has 1 aromatic carbocycles. The third-order valence-electron chi connectivity index (χ3n) is 2.66. The second kappa shape index (κ2) is 5.85. The molecule has 0 radical (unpaired) electrons. The van der Waals surface area contributed by atoms with E-state index in [1.54, 1.807) is 19.1 Å². The lowest BCUT2D eigenvalue weighted by molar-refractivity contribution is -0.137. The zero-order valence-electron chi connectivity index (χ0n) is 10.8. The smallest absolute Gasteiger partial charge is 0.307 e. The molecule has 0 bridgehead atoms. The van der Waals surface area contributed by atoms with Gasteiger partial charge in [0, 0.05) is 10.2 Å². The molecule has 0 aliphatic rings. The molecule has 7 heteroatoms. The summed E-state index contributed by atoms with van der Waals surface area (Å²) in [5.41, 5.74) is -0.796. The zero-order valence-corrected chi connectivity index (χ0v) is 12.4. The molecule has 0 spiro atoms. The maximum atomic E-state index is 13.0. The van der Waals surface area contributed by atoms with Crippen molar-refractivity contribution >= 4 is 27.7 Å². The summed E-state index contributed by atoms with van der Waals surface area (Å²) in [6.07, 6.45) is -4.61. The Labute approximate surface area is 127 Å². The van der Waals surface area contributed by atoms with E-state index in [0.717, 1.165) is 12.1 Å². The van der Waals surface area contributed by atoms with Gasteiger partial charge in [0.2, 0.25) is 0 Å². The Morgan fingerprint density at radius 1 is 1.24 bits per heavy atom. The number of aryl methyl sites for hydroxylation is 1. The van der Waals surface area contributed by atoms with Crippen LogP contribution in [-0.2, 0) is 6.18 Å². The van der Waals surface area contributed by atoms with Crippen LogP contribution in [0.1, 0.15) is 21.6 Å². The van der Waals surface area contributed by atoms with Crippen LogP contribution in [0.3, 0.4) is 0 Å². The summed E-state index contributed by atoms with van der Waals surface area (Å²) < 4.78 is 39.2. The number of hydrogen-bond donors (Lipinski definition) is 1. The highest BCUT2D eigenvalue weighted by Gasteiger charge is 2.35. The number of nitrogens with zero attached hydrogens (tertiary/aromatic N) is 1. The fourth-order valence-corrected chi connectivity index (χ4v) is 2.11. The van der Waals surface area contributed by atoms with E-state index in [-0.39, 0.29) is 10.3 Å². The summed E-state index contributed by atoms with van der Waals surface area (Å²) in [4.78, 5) is 16.1. The molecular formula is C14H10BrF3N2O. The van der Waals surface area contributed by atoms with Gasteiger partial charge in [0.05, 0.1) is 11.1 Å². The van der Waals surface area contributed by atoms with Crippen LogP contribution in [0.5, 0.6) is 0 Å². The van der Waals surface area contributed by atoms with Gasteiger partial charge in [-0.25, -0.2) is 4.98 Å². The molecule has 2 rings (SSSR count). The van der Waals surface area contributed by atoms with E-state index < -0.39 is 23.2 Å². The first-order chi connectivity index (χ1) is 9.77. The number of carbonyl (C=O) groups excluding carboxylic acids is 1. The van der Waals surface area contributed by atoms with Crippen LogP contribution in [0.2, 0.25) is 0 Å². The fraction of sp³-hybridized carbons (Fsp3) is 0.143. The van der Waals surface area contributed by atoms with Gasteiger partial charge in [0.15, 0.2) is 0 Å². The normalized spacial score (nSPS) is 11.3. The average Bonchev–Trinajstić information content (AvgIpc) is 2.37. The number of anilines is 1. The summed E-state index contributed by atoms with van der Waals surface area (Å²) in [5, 5.41) is 2.37. The maximum Gasteiger partial charge on any atom is 0.417 e. The Kier molecular flexibility index (Phi) is 4.32. The van der Waals surface area contributed by atoms with E-state index >= 15 is 0 Å². The first kappa shape index (κ1) is 15.5. The average molecular weight is 359 g/mol. The predicted molar refractivity (Wildman–Crippen MR) is 76.1 cm³/mol. The number of pyridine rings is 1. The van der Waals surface area contributed by atoms with Crippen molar-refractivity contribution in [1.82, 2.24) is 4.98 Å². The van der Waals surface area contributed by atoms with E-state index in [9.17, 15) is 18.0 Å². The lowest BCUT2D eigenvalue weighted by Crippen LogP contribution is -2.19. The Hall–Kier alpha value is -1.89. The molecule has 1 aromatic heterocycles. The van der Waals surface area contributed by atoms with Gasteiger partial charge in [-0.05, 0) is 37.3 Å². The largest absolute Gasteiger partial charge is 0.417 e. The van der Waals surface area contributed by atoms with Crippen LogP contribution < -0.4 is 5.32 Å². The Morgan fingerprint density at radius 2 is 1.95 bits per heavy atom. The number of halogens is 4. The third kappa shape index (κ3) is 3.81. The highest BCUT2D eigenvalue weighted by atomic mass is 79.9. The maximum absolute atomic E-state index is 13.0. The number of carbonyl (C=O) groups is 1. The van der Waals surface area contributed by atoms with Gasteiger partial charge in [-0.15, -0.1) is 0 Å². The van der Waals surface area contributed by atoms with E-state index in [2.05, 4.69) is 26.2 Å². The minimum atomic E-state index is -4.61. The second-order valence-corrected chi connectivity index (χ2v) is 5.22. The minimum Gasteiger partial charge on any atom is -0.307 e. The lowest BCUT2D eigenvalue weighted by atomic mass is 10.1. The zero-order chi connectivity index (χ0) is 15.6. The summed E-state index contributed by atoms with van der Waals surface area (Å²) in [7, 11) is 0. The molecule has 0 saturated carbocycles. The summed E-state index contributed by atoms with van der Waals surface area (Å²) in [5.74, 6) is -0.649. The number of rotatable bonds is 2. The predicted octanol–water partition coefficient (Wildman–Crippen LogP) is 4.42. The van der Waals surface area contributed by atoms with E-state index in [0.29, 0.717) is 5.69 Å². The molecule has 0 aliphatic carbocycles. The number of alkyl halides is 3. The molecule has 0 aliphatic heterocycles. The third-order valence-corrected chi connectivity index (χ3v) is 3.15. The molecule has 0 atom stereocenters. The summed E-state index contributed by atoms with van der Waals surface area (Å²) in [6.45, 7) is 1.72. The van der Waals surface area contributed by atoms with Crippen molar-refractivity contribution < 1.29 is 18.0 Å². The van der Waals surface area contributed by atoms with Crippen molar-refractivity contribution in [1.29, 1.82) is 0 Å². The molecule has 0 saturated heterocycles. The molecule has 1 amide bonds. The van der Waals surface area contributed by atoms with E-state index in [1.165, 1.54) is 12.1 Å². The van der Waals surface area contributed by atoms with Crippen molar-refractivity contribution in [2.75, 3.05) is 5.32 Å².